The van der Waals surface area contributed by atoms with Gasteiger partial charge in [-0.05, 0) is 31.9 Å². The minimum absolute atomic E-state index is 0.0190. The monoisotopic (exact) mass is 500 g/mol. The number of aliphatic hydroxyl groups is 1. The lowest BCUT2D eigenvalue weighted by molar-refractivity contribution is -0.140. The number of likely N-dealkylation sites (N-methyl/N-ethyl adjacent to an activating group) is 1. The number of amides is 3. The number of unbranched alkanes of at least 4 members (excludes halogenated alkanes) is 2. The van der Waals surface area contributed by atoms with Crippen molar-refractivity contribution in [3.05, 3.63) is 35.9 Å². The molecule has 0 bridgehead atoms. The molecular formula is C28H44N4O4. The molecule has 2 aliphatic heterocycles. The summed E-state index contributed by atoms with van der Waals surface area (Å²) in [5.74, 6) is -0.809. The predicted octanol–water partition coefficient (Wildman–Crippen LogP) is 2.06. The highest BCUT2D eigenvalue weighted by Crippen LogP contribution is 2.21. The van der Waals surface area contributed by atoms with Crippen molar-refractivity contribution in [3.63, 3.8) is 0 Å². The zero-order chi connectivity index (χ0) is 25.9. The van der Waals surface area contributed by atoms with Gasteiger partial charge in [0.25, 0.3) is 0 Å². The summed E-state index contributed by atoms with van der Waals surface area (Å²) < 4.78 is 0. The molecule has 3 amide bonds. The van der Waals surface area contributed by atoms with Crippen molar-refractivity contribution in [2.45, 2.75) is 70.4 Å². The number of piperazine rings is 1. The Balaban J connectivity index is 1.73. The van der Waals surface area contributed by atoms with E-state index in [9.17, 15) is 19.5 Å². The average Bonchev–Trinajstić information content (AvgIpc) is 3.37. The number of carbonyl (C=O) groups is 3. The summed E-state index contributed by atoms with van der Waals surface area (Å²) in [6.07, 6.45) is 5.73. The molecule has 1 aromatic carbocycles. The Labute approximate surface area is 216 Å². The first-order valence-electron chi connectivity index (χ1n) is 13.6. The lowest BCUT2D eigenvalue weighted by Gasteiger charge is -2.33. The molecule has 0 spiro atoms. The van der Waals surface area contributed by atoms with Crippen LogP contribution in [0.3, 0.4) is 0 Å². The van der Waals surface area contributed by atoms with E-state index in [1.807, 2.05) is 35.2 Å². The molecule has 3 rings (SSSR count). The number of aliphatic hydroxyl groups excluding tert-OH is 1. The van der Waals surface area contributed by atoms with E-state index in [1.165, 1.54) is 0 Å². The topological polar surface area (TPSA) is 93.2 Å². The fourth-order valence-corrected chi connectivity index (χ4v) is 5.22. The highest BCUT2D eigenvalue weighted by molar-refractivity contribution is 5.91. The van der Waals surface area contributed by atoms with Crippen molar-refractivity contribution in [3.8, 4) is 0 Å². The number of benzene rings is 1. The Morgan fingerprint density at radius 1 is 1.06 bits per heavy atom. The minimum atomic E-state index is -0.723. The molecule has 2 saturated heterocycles. The molecule has 2 N–H and O–H groups in total. The number of likely N-dealkylation sites (tertiary alicyclic amines) is 1. The van der Waals surface area contributed by atoms with Crippen molar-refractivity contribution >= 4 is 17.7 Å². The summed E-state index contributed by atoms with van der Waals surface area (Å²) in [6.45, 7) is 5.69. The lowest BCUT2D eigenvalue weighted by Crippen LogP contribution is -2.53. The normalized spacial score (nSPS) is 20.2. The van der Waals surface area contributed by atoms with Gasteiger partial charge >= 0.3 is 0 Å². The second-order valence-electron chi connectivity index (χ2n) is 10.3. The Kier molecular flexibility index (Phi) is 11.2. The fourth-order valence-electron chi connectivity index (χ4n) is 5.22. The summed E-state index contributed by atoms with van der Waals surface area (Å²) in [5, 5.41) is 12.8. The Morgan fingerprint density at radius 3 is 2.44 bits per heavy atom. The van der Waals surface area contributed by atoms with E-state index in [1.54, 1.807) is 4.90 Å². The SMILES string of the molecule is CCCCC[C@H](CC(=O)N1CCN(C)CC1)C(=O)N[C@@H](Cc1ccccc1)C(=O)N1CCC[C@H]1CO. The molecule has 0 saturated carbocycles. The quantitative estimate of drug-likeness (QED) is 0.429. The van der Waals surface area contributed by atoms with Crippen molar-refractivity contribution in [1.82, 2.24) is 20.0 Å². The molecule has 0 radical (unpaired) electrons. The van der Waals surface area contributed by atoms with Crippen LogP contribution in [0.1, 0.15) is 57.4 Å². The molecule has 200 valence electrons. The molecule has 0 aliphatic carbocycles. The van der Waals surface area contributed by atoms with Gasteiger partial charge in [0.2, 0.25) is 17.7 Å². The molecule has 8 heteroatoms. The number of nitrogens with one attached hydrogen (secondary N) is 1. The van der Waals surface area contributed by atoms with Crippen molar-refractivity contribution in [2.24, 2.45) is 5.92 Å². The first-order chi connectivity index (χ1) is 17.4. The van der Waals surface area contributed by atoms with Crippen molar-refractivity contribution < 1.29 is 19.5 Å². The van der Waals surface area contributed by atoms with Crippen molar-refractivity contribution in [2.75, 3.05) is 46.4 Å². The maximum atomic E-state index is 13.6. The van der Waals surface area contributed by atoms with E-state index in [4.69, 9.17) is 0 Å². The van der Waals surface area contributed by atoms with E-state index in [-0.39, 0.29) is 36.8 Å². The average molecular weight is 501 g/mol. The van der Waals surface area contributed by atoms with Crippen LogP contribution >= 0.6 is 0 Å². The molecule has 8 nitrogen and oxygen atoms in total. The van der Waals surface area contributed by atoms with Crippen LogP contribution < -0.4 is 5.32 Å². The molecule has 0 unspecified atom stereocenters. The third-order valence-corrected chi connectivity index (χ3v) is 7.57. The third kappa shape index (κ3) is 8.03. The van der Waals surface area contributed by atoms with E-state index in [0.29, 0.717) is 32.5 Å². The number of carbonyl (C=O) groups excluding carboxylic acids is 3. The Bertz CT molecular complexity index is 841. The lowest BCUT2D eigenvalue weighted by atomic mass is 9.94. The smallest absolute Gasteiger partial charge is 0.245 e. The van der Waals surface area contributed by atoms with Gasteiger partial charge in [-0.3, -0.25) is 14.4 Å². The van der Waals surface area contributed by atoms with Gasteiger partial charge in [0.05, 0.1) is 12.6 Å². The van der Waals surface area contributed by atoms with E-state index in [0.717, 1.165) is 50.8 Å². The van der Waals surface area contributed by atoms with Crippen LogP contribution in [-0.4, -0.2) is 96.0 Å². The summed E-state index contributed by atoms with van der Waals surface area (Å²) in [6, 6.07) is 8.76. The fraction of sp³-hybridized carbons (Fsp3) is 0.679. The Hall–Kier alpha value is -2.45. The first-order valence-corrected chi connectivity index (χ1v) is 13.6. The first kappa shape index (κ1) is 28.1. The van der Waals surface area contributed by atoms with Gasteiger partial charge in [-0.2, -0.15) is 0 Å². The van der Waals surface area contributed by atoms with Crippen LogP contribution in [0.25, 0.3) is 0 Å². The van der Waals surface area contributed by atoms with Gasteiger partial charge in [-0.15, -0.1) is 0 Å². The van der Waals surface area contributed by atoms with Gasteiger partial charge in [0, 0.05) is 51.5 Å². The van der Waals surface area contributed by atoms with Gasteiger partial charge in [0.1, 0.15) is 6.04 Å². The summed E-state index contributed by atoms with van der Waals surface area (Å²) in [7, 11) is 2.05. The maximum Gasteiger partial charge on any atom is 0.245 e. The van der Waals surface area contributed by atoms with Crippen LogP contribution in [0.2, 0.25) is 0 Å². The molecule has 2 aliphatic rings. The van der Waals surface area contributed by atoms with Gasteiger partial charge < -0.3 is 25.1 Å². The minimum Gasteiger partial charge on any atom is -0.394 e. The van der Waals surface area contributed by atoms with Crippen LogP contribution in [0.15, 0.2) is 30.3 Å². The third-order valence-electron chi connectivity index (χ3n) is 7.57. The summed E-state index contributed by atoms with van der Waals surface area (Å²) in [4.78, 5) is 46.0. The van der Waals surface area contributed by atoms with Crippen LogP contribution in [0.5, 0.6) is 0 Å². The van der Waals surface area contributed by atoms with Crippen LogP contribution in [0.4, 0.5) is 0 Å². The maximum absolute atomic E-state index is 13.6. The Morgan fingerprint density at radius 2 is 1.78 bits per heavy atom. The number of rotatable bonds is 12. The van der Waals surface area contributed by atoms with Crippen LogP contribution in [-0.2, 0) is 20.8 Å². The van der Waals surface area contributed by atoms with E-state index >= 15 is 0 Å². The molecule has 0 aromatic heterocycles. The molecule has 36 heavy (non-hydrogen) atoms. The highest BCUT2D eigenvalue weighted by Gasteiger charge is 2.35. The molecule has 2 fully saturated rings. The van der Waals surface area contributed by atoms with Gasteiger partial charge in [0.15, 0.2) is 0 Å². The van der Waals surface area contributed by atoms with Crippen LogP contribution in [0, 0.1) is 5.92 Å². The second-order valence-corrected chi connectivity index (χ2v) is 10.3. The molecule has 2 heterocycles. The van der Waals surface area contributed by atoms with Crippen molar-refractivity contribution in [1.29, 1.82) is 0 Å². The van der Waals surface area contributed by atoms with E-state index in [2.05, 4.69) is 24.2 Å². The molecule has 3 atom stereocenters. The number of hydrogen-bond acceptors (Lipinski definition) is 5. The zero-order valence-electron chi connectivity index (χ0n) is 22.0. The van der Waals surface area contributed by atoms with E-state index < -0.39 is 12.0 Å². The van der Waals surface area contributed by atoms with Gasteiger partial charge in [-0.1, -0.05) is 56.5 Å². The predicted molar refractivity (Wildman–Crippen MR) is 140 cm³/mol. The largest absolute Gasteiger partial charge is 0.394 e. The standard InChI is InChI=1S/C28H44N4O4/c1-3-4-6-12-23(20-26(34)31-17-15-30(2)16-18-31)27(35)29-25(19-22-10-7-5-8-11-22)28(36)32-14-9-13-24(32)21-33/h5,7-8,10-11,23-25,33H,3-4,6,9,12-21H2,1-2H3,(H,29,35)/t23-,24+,25+/m1/s1. The number of hydrogen-bond donors (Lipinski definition) is 2. The zero-order valence-corrected chi connectivity index (χ0v) is 22.0. The molecule has 1 aromatic rings. The highest BCUT2D eigenvalue weighted by atomic mass is 16.3. The number of nitrogens with zero attached hydrogens (tertiary/aromatic N) is 3. The summed E-state index contributed by atoms with van der Waals surface area (Å²) >= 11 is 0. The second kappa shape index (κ2) is 14.3. The molecular weight excluding hydrogens is 456 g/mol. The van der Waals surface area contributed by atoms with Gasteiger partial charge in [-0.25, -0.2) is 0 Å². The summed E-state index contributed by atoms with van der Waals surface area (Å²) in [5.41, 5.74) is 0.965.